The van der Waals surface area contributed by atoms with Gasteiger partial charge in [0.1, 0.15) is 5.75 Å². The molecule has 30 heavy (non-hydrogen) atoms. The summed E-state index contributed by atoms with van der Waals surface area (Å²) in [4.78, 5) is 29.1. The molecular formula is C22H31N5O3. The first-order valence-electron chi connectivity index (χ1n) is 10.4. The van der Waals surface area contributed by atoms with Crippen LogP contribution in [0.4, 0.5) is 0 Å². The van der Waals surface area contributed by atoms with Crippen LogP contribution in [-0.2, 0) is 29.1 Å². The van der Waals surface area contributed by atoms with E-state index in [1.165, 1.54) is 0 Å². The number of amides is 2. The molecular weight excluding hydrogens is 382 g/mol. The highest BCUT2D eigenvalue weighted by atomic mass is 16.5. The minimum absolute atomic E-state index is 0.0701. The lowest BCUT2D eigenvalue weighted by molar-refractivity contribution is -0.138. The predicted octanol–water partition coefficient (Wildman–Crippen LogP) is 1.72. The second kappa shape index (κ2) is 10.2. The molecule has 0 saturated carbocycles. The maximum absolute atomic E-state index is 12.9. The Kier molecular flexibility index (Phi) is 7.46. The van der Waals surface area contributed by atoms with Gasteiger partial charge in [-0.25, -0.2) is 0 Å². The second-order valence-electron chi connectivity index (χ2n) is 7.72. The monoisotopic (exact) mass is 413 g/mol. The molecule has 0 radical (unpaired) electrons. The van der Waals surface area contributed by atoms with E-state index in [0.717, 1.165) is 35.5 Å². The molecule has 0 unspecified atom stereocenters. The van der Waals surface area contributed by atoms with Crippen molar-refractivity contribution in [3.8, 4) is 5.75 Å². The first kappa shape index (κ1) is 21.8. The van der Waals surface area contributed by atoms with Crippen molar-refractivity contribution in [2.45, 2.75) is 45.3 Å². The number of aromatic nitrogens is 2. The third-order valence-electron chi connectivity index (χ3n) is 5.35. The summed E-state index contributed by atoms with van der Waals surface area (Å²) in [6.45, 7) is 4.42. The predicted molar refractivity (Wildman–Crippen MR) is 114 cm³/mol. The number of aryl methyl sites for hydroxylation is 1. The molecule has 1 aromatic carbocycles. The molecule has 2 N–H and O–H groups in total. The van der Waals surface area contributed by atoms with E-state index in [2.05, 4.69) is 27.3 Å². The number of nitrogens with one attached hydrogen (secondary N) is 2. The summed E-state index contributed by atoms with van der Waals surface area (Å²) in [5.41, 5.74) is 2.95. The van der Waals surface area contributed by atoms with E-state index in [0.29, 0.717) is 26.2 Å². The van der Waals surface area contributed by atoms with Gasteiger partial charge in [-0.3, -0.25) is 19.6 Å². The lowest BCUT2D eigenvalue weighted by Crippen LogP contribution is -2.56. The summed E-state index contributed by atoms with van der Waals surface area (Å²) in [5, 5.41) is 10.2. The molecule has 0 bridgehead atoms. The van der Waals surface area contributed by atoms with E-state index in [9.17, 15) is 9.59 Å². The van der Waals surface area contributed by atoms with Crippen LogP contribution in [0.15, 0.2) is 30.3 Å². The quantitative estimate of drug-likeness (QED) is 0.653. The molecule has 0 spiro atoms. The fourth-order valence-electron chi connectivity index (χ4n) is 3.72. The Bertz CT molecular complexity index is 866. The van der Waals surface area contributed by atoms with Crippen LogP contribution in [0.2, 0.25) is 0 Å². The fraction of sp³-hybridized carbons (Fsp3) is 0.500. The Labute approximate surface area is 177 Å². The summed E-state index contributed by atoms with van der Waals surface area (Å²) >= 11 is 0. The fourth-order valence-corrected chi connectivity index (χ4v) is 3.72. The van der Waals surface area contributed by atoms with Crippen LogP contribution >= 0.6 is 0 Å². The molecule has 1 atom stereocenters. The van der Waals surface area contributed by atoms with Crippen molar-refractivity contribution in [2.75, 3.05) is 27.2 Å². The first-order chi connectivity index (χ1) is 14.5. The van der Waals surface area contributed by atoms with Gasteiger partial charge in [0.25, 0.3) is 0 Å². The second-order valence-corrected chi connectivity index (χ2v) is 7.72. The van der Waals surface area contributed by atoms with Crippen LogP contribution in [0.25, 0.3) is 0 Å². The van der Waals surface area contributed by atoms with Crippen molar-refractivity contribution in [3.05, 3.63) is 47.3 Å². The van der Waals surface area contributed by atoms with Crippen LogP contribution in [0.3, 0.4) is 0 Å². The number of ether oxygens (including phenoxy) is 1. The number of carbonyl (C=O) groups is 2. The Balaban J connectivity index is 1.63. The van der Waals surface area contributed by atoms with E-state index in [1.807, 2.05) is 30.3 Å². The number of methoxy groups -OCH3 is 1. The van der Waals surface area contributed by atoms with E-state index < -0.39 is 6.04 Å². The molecule has 0 aliphatic carbocycles. The third kappa shape index (κ3) is 5.60. The zero-order valence-electron chi connectivity index (χ0n) is 18.0. The van der Waals surface area contributed by atoms with Gasteiger partial charge >= 0.3 is 0 Å². The molecule has 1 fully saturated rings. The number of carbonyl (C=O) groups excluding carboxylic acids is 2. The van der Waals surface area contributed by atoms with Crippen molar-refractivity contribution < 1.29 is 14.3 Å². The minimum atomic E-state index is -0.489. The Hall–Kier alpha value is -2.87. The Morgan fingerprint density at radius 3 is 2.97 bits per heavy atom. The number of nitrogens with zero attached hydrogens (tertiary/aromatic N) is 3. The number of benzene rings is 1. The largest absolute Gasteiger partial charge is 0.497 e. The third-order valence-corrected chi connectivity index (χ3v) is 5.35. The molecule has 1 aliphatic heterocycles. The van der Waals surface area contributed by atoms with Crippen LogP contribution < -0.4 is 10.1 Å². The zero-order chi connectivity index (χ0) is 21.5. The number of piperazine rings is 1. The lowest BCUT2D eigenvalue weighted by atomic mass is 10.1. The van der Waals surface area contributed by atoms with Gasteiger partial charge in [-0.05, 0) is 30.2 Å². The SMILES string of the molecule is CCCc1cc(CN(C)C(=O)C[C@@H]2C(=O)NCCN2Cc2cccc(OC)c2)[nH]n1. The molecule has 162 valence electrons. The smallest absolute Gasteiger partial charge is 0.237 e. The van der Waals surface area contributed by atoms with E-state index in [-0.39, 0.29) is 18.2 Å². The molecule has 1 aliphatic rings. The number of hydrogen-bond acceptors (Lipinski definition) is 5. The van der Waals surface area contributed by atoms with Crippen molar-refractivity contribution in [2.24, 2.45) is 0 Å². The highest BCUT2D eigenvalue weighted by Gasteiger charge is 2.32. The van der Waals surface area contributed by atoms with Gasteiger partial charge in [-0.2, -0.15) is 5.10 Å². The number of rotatable bonds is 9. The molecule has 1 saturated heterocycles. The van der Waals surface area contributed by atoms with Crippen molar-refractivity contribution in [1.82, 2.24) is 25.3 Å². The summed E-state index contributed by atoms with van der Waals surface area (Å²) < 4.78 is 5.29. The highest BCUT2D eigenvalue weighted by Crippen LogP contribution is 2.19. The molecule has 8 nitrogen and oxygen atoms in total. The standard InChI is InChI=1S/C22H31N5O3/c1-4-6-17-12-18(25-24-17)15-26(2)21(28)13-20-22(29)23-9-10-27(20)14-16-7-5-8-19(11-16)30-3/h5,7-8,11-12,20H,4,6,9-10,13-15H2,1-3H3,(H,23,29)(H,24,25)/t20-/m1/s1. The van der Waals surface area contributed by atoms with Crippen LogP contribution in [-0.4, -0.2) is 65.1 Å². The number of hydrogen-bond donors (Lipinski definition) is 2. The lowest BCUT2D eigenvalue weighted by Gasteiger charge is -2.35. The van der Waals surface area contributed by atoms with Crippen molar-refractivity contribution in [1.29, 1.82) is 0 Å². The summed E-state index contributed by atoms with van der Waals surface area (Å²) in [7, 11) is 3.39. The Morgan fingerprint density at radius 2 is 2.20 bits per heavy atom. The van der Waals surface area contributed by atoms with Gasteiger partial charge in [0, 0.05) is 26.7 Å². The molecule has 2 aromatic rings. The topological polar surface area (TPSA) is 90.6 Å². The molecule has 2 heterocycles. The van der Waals surface area contributed by atoms with E-state index in [1.54, 1.807) is 19.1 Å². The zero-order valence-corrected chi connectivity index (χ0v) is 18.0. The van der Waals surface area contributed by atoms with Crippen molar-refractivity contribution >= 4 is 11.8 Å². The molecule has 1 aromatic heterocycles. The molecule has 2 amide bonds. The highest BCUT2D eigenvalue weighted by molar-refractivity contribution is 5.88. The maximum Gasteiger partial charge on any atom is 0.237 e. The van der Waals surface area contributed by atoms with Crippen LogP contribution in [0.1, 0.15) is 36.7 Å². The van der Waals surface area contributed by atoms with Gasteiger partial charge in [0.05, 0.1) is 37.5 Å². The maximum atomic E-state index is 12.9. The number of H-pyrrole nitrogens is 1. The van der Waals surface area contributed by atoms with Gasteiger partial charge < -0.3 is 15.0 Å². The molecule has 3 rings (SSSR count). The van der Waals surface area contributed by atoms with Gasteiger partial charge in [0.2, 0.25) is 11.8 Å². The Morgan fingerprint density at radius 1 is 1.37 bits per heavy atom. The van der Waals surface area contributed by atoms with Gasteiger partial charge in [-0.15, -0.1) is 0 Å². The van der Waals surface area contributed by atoms with Gasteiger partial charge in [0.15, 0.2) is 0 Å². The minimum Gasteiger partial charge on any atom is -0.497 e. The summed E-state index contributed by atoms with van der Waals surface area (Å²) in [5.74, 6) is 0.611. The first-order valence-corrected chi connectivity index (χ1v) is 10.4. The summed E-state index contributed by atoms with van der Waals surface area (Å²) in [6.07, 6.45) is 2.08. The average Bonchev–Trinajstić information content (AvgIpc) is 3.17. The van der Waals surface area contributed by atoms with Crippen molar-refractivity contribution in [3.63, 3.8) is 0 Å². The van der Waals surface area contributed by atoms with Gasteiger partial charge in [-0.1, -0.05) is 25.5 Å². The molecule has 8 heteroatoms. The average molecular weight is 414 g/mol. The van der Waals surface area contributed by atoms with E-state index >= 15 is 0 Å². The normalized spacial score (nSPS) is 16.9. The van der Waals surface area contributed by atoms with E-state index in [4.69, 9.17) is 4.74 Å². The number of aromatic amines is 1. The van der Waals surface area contributed by atoms with Crippen LogP contribution in [0.5, 0.6) is 5.75 Å². The summed E-state index contributed by atoms with van der Waals surface area (Å²) in [6, 6.07) is 9.30. The van der Waals surface area contributed by atoms with Crippen LogP contribution in [0, 0.1) is 0 Å².